The van der Waals surface area contributed by atoms with Crippen molar-refractivity contribution in [3.05, 3.63) is 33.2 Å². The van der Waals surface area contributed by atoms with Gasteiger partial charge in [0.05, 0.1) is 12.2 Å². The lowest BCUT2D eigenvalue weighted by molar-refractivity contribution is 0.454. The van der Waals surface area contributed by atoms with E-state index in [0.717, 1.165) is 12.8 Å². The van der Waals surface area contributed by atoms with Gasteiger partial charge in [0, 0.05) is 19.3 Å². The summed E-state index contributed by atoms with van der Waals surface area (Å²) in [5.41, 5.74) is 0.830. The average molecular weight is 328 g/mol. The van der Waals surface area contributed by atoms with Crippen LogP contribution in [0.1, 0.15) is 18.5 Å². The zero-order valence-corrected chi connectivity index (χ0v) is 13.2. The summed E-state index contributed by atoms with van der Waals surface area (Å²) in [6, 6.07) is 0.291. The van der Waals surface area contributed by atoms with Gasteiger partial charge in [0.15, 0.2) is 5.65 Å². The molecule has 0 saturated heterocycles. The molecule has 4 rings (SSSR count). The molecule has 3 heterocycles. The quantitative estimate of drug-likeness (QED) is 0.538. The van der Waals surface area contributed by atoms with Crippen LogP contribution in [-0.2, 0) is 0 Å². The predicted molar refractivity (Wildman–Crippen MR) is 85.6 cm³/mol. The van der Waals surface area contributed by atoms with Gasteiger partial charge in [0.1, 0.15) is 5.69 Å². The highest BCUT2D eigenvalue weighted by Crippen LogP contribution is 2.22. The molecule has 0 atom stereocenters. The summed E-state index contributed by atoms with van der Waals surface area (Å²) in [5, 5.41) is 14.7. The number of nitrogens with zero attached hydrogens (tertiary/aromatic N) is 6. The second-order valence-electron chi connectivity index (χ2n) is 5.90. The Morgan fingerprint density at radius 3 is 2.79 bits per heavy atom. The second-order valence-corrected chi connectivity index (χ2v) is 5.90. The van der Waals surface area contributed by atoms with Gasteiger partial charge in [-0.05, 0) is 18.9 Å². The summed E-state index contributed by atoms with van der Waals surface area (Å²) in [6.45, 7) is 0. The Bertz CT molecular complexity index is 1090. The van der Waals surface area contributed by atoms with Crippen molar-refractivity contribution in [2.45, 2.75) is 18.9 Å². The normalized spacial score (nSPS) is 16.2. The van der Waals surface area contributed by atoms with Gasteiger partial charge in [-0.1, -0.05) is 0 Å². The summed E-state index contributed by atoms with van der Waals surface area (Å²) >= 11 is 0. The maximum atomic E-state index is 11.3. The first-order chi connectivity index (χ1) is 11.5. The Hall–Kier alpha value is -3.17. The van der Waals surface area contributed by atoms with Gasteiger partial charge in [0.25, 0.3) is 5.62 Å². The van der Waals surface area contributed by atoms with Crippen molar-refractivity contribution in [2.24, 2.45) is 4.99 Å². The third-order valence-corrected chi connectivity index (χ3v) is 3.65. The molecule has 0 aliphatic heterocycles. The predicted octanol–water partition coefficient (Wildman–Crippen LogP) is -1.48. The maximum absolute atomic E-state index is 11.3. The van der Waals surface area contributed by atoms with Gasteiger partial charge in [-0.25, -0.2) is 9.79 Å². The van der Waals surface area contributed by atoms with Gasteiger partial charge >= 0.3 is 5.69 Å². The van der Waals surface area contributed by atoms with E-state index in [1.807, 2.05) is 14.1 Å². The van der Waals surface area contributed by atoms with Crippen molar-refractivity contribution in [3.8, 4) is 5.88 Å². The fourth-order valence-corrected chi connectivity index (χ4v) is 2.27. The molecule has 3 N–H and O–H groups in total. The number of rotatable bonds is 3. The first-order valence-electron chi connectivity index (χ1n) is 7.51. The zero-order chi connectivity index (χ0) is 16.8. The Balaban J connectivity index is 1.99. The number of aromatic amines is 2. The molecule has 3 aromatic rings. The number of H-pyrrole nitrogens is 2. The molecular formula is C14H16N8O2. The highest BCUT2D eigenvalue weighted by molar-refractivity contribution is 5.57. The Labute approximate surface area is 135 Å². The molecule has 10 nitrogen and oxygen atoms in total. The van der Waals surface area contributed by atoms with Crippen LogP contribution in [0.25, 0.3) is 11.7 Å². The van der Waals surface area contributed by atoms with E-state index in [-0.39, 0.29) is 11.6 Å². The van der Waals surface area contributed by atoms with Crippen LogP contribution in [-0.4, -0.2) is 54.8 Å². The summed E-state index contributed by atoms with van der Waals surface area (Å²) in [5.74, 6) is 0.285. The third kappa shape index (κ3) is 2.51. The van der Waals surface area contributed by atoms with Crippen molar-refractivity contribution in [2.75, 3.05) is 19.0 Å². The Morgan fingerprint density at radius 1 is 1.38 bits per heavy atom. The van der Waals surface area contributed by atoms with Crippen LogP contribution >= 0.6 is 0 Å². The molecule has 10 heteroatoms. The van der Waals surface area contributed by atoms with E-state index in [1.54, 1.807) is 21.7 Å². The minimum atomic E-state index is -0.483. The molecule has 3 aromatic heterocycles. The third-order valence-electron chi connectivity index (χ3n) is 3.65. The summed E-state index contributed by atoms with van der Waals surface area (Å²) < 4.78 is 1.57. The minimum Gasteiger partial charge on any atom is -0.493 e. The highest BCUT2D eigenvalue weighted by Gasteiger charge is 2.21. The number of aromatic hydroxyl groups is 1. The van der Waals surface area contributed by atoms with E-state index in [2.05, 4.69) is 30.0 Å². The smallest absolute Gasteiger partial charge is 0.326 e. The molecule has 1 aliphatic rings. The largest absolute Gasteiger partial charge is 0.493 e. The number of fused-ring (bicyclic) bond motifs is 1. The van der Waals surface area contributed by atoms with Crippen LogP contribution in [0, 0.1) is 0 Å². The lowest BCUT2D eigenvalue weighted by atomic mass is 10.3. The van der Waals surface area contributed by atoms with Crippen LogP contribution in [0.5, 0.6) is 5.88 Å². The molecule has 0 bridgehead atoms. The van der Waals surface area contributed by atoms with Crippen molar-refractivity contribution < 1.29 is 5.11 Å². The number of hydrogen-bond donors (Lipinski definition) is 3. The van der Waals surface area contributed by atoms with Crippen molar-refractivity contribution >= 4 is 17.7 Å². The molecule has 0 aromatic carbocycles. The van der Waals surface area contributed by atoms with Gasteiger partial charge in [0.2, 0.25) is 11.8 Å². The van der Waals surface area contributed by atoms with Crippen LogP contribution in [0.3, 0.4) is 0 Å². The summed E-state index contributed by atoms with van der Waals surface area (Å²) in [7, 11) is 3.70. The van der Waals surface area contributed by atoms with Crippen LogP contribution < -0.4 is 21.4 Å². The molecule has 0 unspecified atom stereocenters. The zero-order valence-electron chi connectivity index (χ0n) is 13.2. The SMILES string of the molecule is CN(C)c1nc(=NC2CC2)n2nc/c(=C\c3[nH]c(=O)[nH]c3O)c2n1. The van der Waals surface area contributed by atoms with E-state index in [4.69, 9.17) is 0 Å². The Morgan fingerprint density at radius 2 is 2.17 bits per heavy atom. The molecule has 1 saturated carbocycles. The van der Waals surface area contributed by atoms with E-state index in [0.29, 0.717) is 28.5 Å². The number of hydrogen-bond acceptors (Lipinski definition) is 7. The van der Waals surface area contributed by atoms with E-state index in [1.165, 1.54) is 0 Å². The van der Waals surface area contributed by atoms with Gasteiger partial charge in [-0.15, -0.1) is 0 Å². The molecule has 1 fully saturated rings. The highest BCUT2D eigenvalue weighted by atomic mass is 16.3. The molecule has 24 heavy (non-hydrogen) atoms. The van der Waals surface area contributed by atoms with Crippen molar-refractivity contribution in [3.63, 3.8) is 0 Å². The number of aromatic nitrogens is 6. The second kappa shape index (κ2) is 5.18. The molecular weight excluding hydrogens is 312 g/mol. The van der Waals surface area contributed by atoms with Crippen LogP contribution in [0.2, 0.25) is 0 Å². The molecule has 0 radical (unpaired) electrons. The topological polar surface area (TPSA) is 128 Å². The minimum absolute atomic E-state index is 0.232. The first kappa shape index (κ1) is 14.4. The van der Waals surface area contributed by atoms with Crippen molar-refractivity contribution in [1.29, 1.82) is 0 Å². The first-order valence-corrected chi connectivity index (χ1v) is 7.51. The fraction of sp³-hybridized carbons (Fsp3) is 0.357. The lowest BCUT2D eigenvalue weighted by Gasteiger charge is -2.09. The fourth-order valence-electron chi connectivity index (χ4n) is 2.27. The maximum Gasteiger partial charge on any atom is 0.326 e. The monoisotopic (exact) mass is 328 g/mol. The number of nitrogens with one attached hydrogen (secondary N) is 2. The molecule has 124 valence electrons. The van der Waals surface area contributed by atoms with E-state index < -0.39 is 5.69 Å². The van der Waals surface area contributed by atoms with Gasteiger partial charge < -0.3 is 15.0 Å². The van der Waals surface area contributed by atoms with Crippen LogP contribution in [0.4, 0.5) is 5.95 Å². The summed E-state index contributed by atoms with van der Waals surface area (Å²) in [6.07, 6.45) is 5.31. The number of imidazole rings is 1. The van der Waals surface area contributed by atoms with Gasteiger partial charge in [-0.2, -0.15) is 19.6 Å². The standard InChI is InChI=1S/C14H16N8O2/c1-21(2)12-18-10-7(5-9-11(23)19-14(24)17-9)6-15-22(10)13(20-12)16-8-3-4-8/h5-6,8,23H,3-4H2,1-2H3,(H2,17,19,24)/b7-5+,16-13?. The molecule has 0 spiro atoms. The average Bonchev–Trinajstić information content (AvgIpc) is 3.16. The van der Waals surface area contributed by atoms with E-state index in [9.17, 15) is 9.90 Å². The summed E-state index contributed by atoms with van der Waals surface area (Å²) in [4.78, 5) is 31.4. The number of anilines is 1. The van der Waals surface area contributed by atoms with Crippen molar-refractivity contribution in [1.82, 2.24) is 29.5 Å². The van der Waals surface area contributed by atoms with E-state index >= 15 is 0 Å². The molecule has 1 aliphatic carbocycles. The van der Waals surface area contributed by atoms with Gasteiger partial charge in [-0.3, -0.25) is 4.98 Å². The van der Waals surface area contributed by atoms with Crippen LogP contribution in [0.15, 0.2) is 16.0 Å². The lowest BCUT2D eigenvalue weighted by Crippen LogP contribution is -2.27. The molecule has 0 amide bonds. The Kier molecular flexibility index (Phi) is 3.12.